The minimum Gasteiger partial charge on any atom is -0.480 e. The van der Waals surface area contributed by atoms with E-state index in [1.165, 1.54) is 6.42 Å². The van der Waals surface area contributed by atoms with Gasteiger partial charge in [0.05, 0.1) is 12.6 Å². The minimum absolute atomic E-state index is 0. The fourth-order valence-corrected chi connectivity index (χ4v) is 4.52. The quantitative estimate of drug-likeness (QED) is 0.154. The lowest BCUT2D eigenvalue weighted by atomic mass is 9.84. The molecule has 1 saturated carbocycles. The van der Waals surface area contributed by atoms with Gasteiger partial charge in [-0.05, 0) is 38.0 Å². The molecule has 1 aliphatic heterocycles. The number of carbonyl (C=O) groups is 3. The third-order valence-corrected chi connectivity index (χ3v) is 6.11. The molecule has 0 aromatic heterocycles. The van der Waals surface area contributed by atoms with Crippen LogP contribution in [0.15, 0.2) is 4.99 Å². The smallest absolute Gasteiger partial charge is 0.317 e. The third-order valence-electron chi connectivity index (χ3n) is 6.11. The highest BCUT2D eigenvalue weighted by Crippen LogP contribution is 2.28. The molecular weight excluding hydrogens is 416 g/mol. The van der Waals surface area contributed by atoms with Gasteiger partial charge in [0.1, 0.15) is 6.04 Å². The van der Waals surface area contributed by atoms with E-state index >= 15 is 0 Å². The monoisotopic (exact) mass is 456 g/mol. The molecule has 0 unspecified atom stereocenters. The largest absolute Gasteiger partial charge is 0.480 e. The molecule has 0 aromatic carbocycles. The standard InChI is InChI=1S/C21H38N6O4.H2O/c22-21(23)25-11-6-10-24-19(30)17-9-4-5-12-27(17)20(31)16(26-14-18(28)29)13-15-7-2-1-3-8-15;/h15-17,26H,1-14H2,(H,24,30)(H,28,29)(H4,22,23,25);1H2/t16-,17+;/m0./s1. The third kappa shape index (κ3) is 9.39. The molecule has 9 N–H and O–H groups in total. The molecule has 2 atom stereocenters. The Hall–Kier alpha value is -2.40. The number of aliphatic carboxylic acids is 1. The lowest BCUT2D eigenvalue weighted by Crippen LogP contribution is -2.57. The lowest BCUT2D eigenvalue weighted by Gasteiger charge is -2.38. The summed E-state index contributed by atoms with van der Waals surface area (Å²) in [5.74, 6) is -0.889. The van der Waals surface area contributed by atoms with Crippen LogP contribution in [-0.4, -0.2) is 77.5 Å². The van der Waals surface area contributed by atoms with Crippen LogP contribution in [0.5, 0.6) is 0 Å². The summed E-state index contributed by atoms with van der Waals surface area (Å²) in [6, 6.07) is -1.10. The first kappa shape index (κ1) is 27.6. The van der Waals surface area contributed by atoms with E-state index in [9.17, 15) is 14.4 Å². The first-order chi connectivity index (χ1) is 14.9. The number of likely N-dealkylation sites (tertiary alicyclic amines) is 1. The van der Waals surface area contributed by atoms with Gasteiger partial charge in [-0.15, -0.1) is 0 Å². The van der Waals surface area contributed by atoms with Crippen molar-refractivity contribution in [2.75, 3.05) is 26.2 Å². The molecule has 2 rings (SSSR count). The van der Waals surface area contributed by atoms with Crippen molar-refractivity contribution in [1.82, 2.24) is 15.5 Å². The van der Waals surface area contributed by atoms with Crippen molar-refractivity contribution in [3.63, 3.8) is 0 Å². The predicted molar refractivity (Wildman–Crippen MR) is 122 cm³/mol. The summed E-state index contributed by atoms with van der Waals surface area (Å²) >= 11 is 0. The summed E-state index contributed by atoms with van der Waals surface area (Å²) in [4.78, 5) is 42.8. The number of nitrogens with one attached hydrogen (secondary N) is 2. The molecule has 184 valence electrons. The van der Waals surface area contributed by atoms with Gasteiger partial charge in [0.2, 0.25) is 11.8 Å². The molecule has 11 nitrogen and oxygen atoms in total. The number of carboxylic acids is 1. The first-order valence-electron chi connectivity index (χ1n) is 11.5. The first-order valence-corrected chi connectivity index (χ1v) is 11.5. The Morgan fingerprint density at radius 2 is 1.75 bits per heavy atom. The highest BCUT2D eigenvalue weighted by Gasteiger charge is 2.36. The molecule has 2 amide bonds. The van der Waals surface area contributed by atoms with E-state index in [4.69, 9.17) is 16.6 Å². The zero-order valence-electron chi connectivity index (χ0n) is 18.9. The van der Waals surface area contributed by atoms with Gasteiger partial charge in [-0.1, -0.05) is 32.1 Å². The zero-order valence-corrected chi connectivity index (χ0v) is 18.9. The van der Waals surface area contributed by atoms with Gasteiger partial charge in [0.25, 0.3) is 0 Å². The molecule has 0 spiro atoms. The number of hydrogen-bond donors (Lipinski definition) is 5. The maximum atomic E-state index is 13.4. The second-order valence-corrected chi connectivity index (χ2v) is 8.56. The topological polar surface area (TPSA) is 195 Å². The van der Waals surface area contributed by atoms with Crippen molar-refractivity contribution in [3.05, 3.63) is 0 Å². The van der Waals surface area contributed by atoms with E-state index in [1.54, 1.807) is 4.90 Å². The van der Waals surface area contributed by atoms with E-state index in [0.29, 0.717) is 44.8 Å². The van der Waals surface area contributed by atoms with Crippen LogP contribution in [0.2, 0.25) is 0 Å². The number of piperidine rings is 1. The Balaban J connectivity index is 0.00000512. The van der Waals surface area contributed by atoms with Gasteiger partial charge >= 0.3 is 5.97 Å². The van der Waals surface area contributed by atoms with E-state index in [1.807, 2.05) is 0 Å². The van der Waals surface area contributed by atoms with Crippen LogP contribution in [0.3, 0.4) is 0 Å². The van der Waals surface area contributed by atoms with Crippen LogP contribution in [0.4, 0.5) is 0 Å². The highest BCUT2D eigenvalue weighted by molar-refractivity contribution is 5.90. The minimum atomic E-state index is -0.991. The summed E-state index contributed by atoms with van der Waals surface area (Å²) < 4.78 is 0. The number of hydrogen-bond acceptors (Lipinski definition) is 5. The van der Waals surface area contributed by atoms with Crippen molar-refractivity contribution in [2.45, 2.75) is 76.3 Å². The van der Waals surface area contributed by atoms with Crippen LogP contribution >= 0.6 is 0 Å². The fraction of sp³-hybridized carbons (Fsp3) is 0.810. The molecule has 1 heterocycles. The average molecular weight is 457 g/mol. The van der Waals surface area contributed by atoms with Gasteiger partial charge in [0, 0.05) is 19.6 Å². The van der Waals surface area contributed by atoms with Crippen LogP contribution in [0, 0.1) is 5.92 Å². The van der Waals surface area contributed by atoms with Crippen molar-refractivity contribution in [2.24, 2.45) is 22.4 Å². The summed E-state index contributed by atoms with van der Waals surface area (Å²) in [5, 5.41) is 14.9. The Morgan fingerprint density at radius 3 is 2.41 bits per heavy atom. The molecule has 0 aromatic rings. The van der Waals surface area contributed by atoms with Gasteiger partial charge < -0.3 is 32.3 Å². The van der Waals surface area contributed by atoms with Crippen LogP contribution in [0.25, 0.3) is 0 Å². The zero-order chi connectivity index (χ0) is 22.6. The van der Waals surface area contributed by atoms with E-state index in [0.717, 1.165) is 38.5 Å². The number of nitrogens with zero attached hydrogens (tertiary/aromatic N) is 2. The molecule has 2 fully saturated rings. The molecule has 11 heteroatoms. The van der Waals surface area contributed by atoms with Gasteiger partial charge in [-0.2, -0.15) is 0 Å². The van der Waals surface area contributed by atoms with Crippen LogP contribution < -0.4 is 22.1 Å². The Kier molecular flexibility index (Phi) is 12.6. The Morgan fingerprint density at radius 1 is 1.06 bits per heavy atom. The number of rotatable bonds is 11. The average Bonchev–Trinajstić information content (AvgIpc) is 2.76. The summed E-state index contributed by atoms with van der Waals surface area (Å²) in [5.41, 5.74) is 10.6. The Bertz CT molecular complexity index is 634. The fourth-order valence-electron chi connectivity index (χ4n) is 4.52. The Labute approximate surface area is 189 Å². The van der Waals surface area contributed by atoms with E-state index < -0.39 is 18.1 Å². The van der Waals surface area contributed by atoms with Crippen molar-refractivity contribution >= 4 is 23.7 Å². The molecule has 1 saturated heterocycles. The van der Waals surface area contributed by atoms with Gasteiger partial charge in [-0.25, -0.2) is 0 Å². The summed E-state index contributed by atoms with van der Waals surface area (Å²) in [6.07, 6.45) is 9.22. The molecule has 2 aliphatic rings. The number of amides is 2. The summed E-state index contributed by atoms with van der Waals surface area (Å²) in [6.45, 7) is 1.11. The van der Waals surface area contributed by atoms with Crippen molar-refractivity contribution in [3.8, 4) is 0 Å². The van der Waals surface area contributed by atoms with Crippen molar-refractivity contribution in [1.29, 1.82) is 0 Å². The maximum absolute atomic E-state index is 13.4. The number of guanidine groups is 1. The van der Waals surface area contributed by atoms with Gasteiger partial charge in [0.15, 0.2) is 5.96 Å². The maximum Gasteiger partial charge on any atom is 0.317 e. The van der Waals surface area contributed by atoms with Gasteiger partial charge in [-0.3, -0.25) is 24.7 Å². The predicted octanol–water partition coefficient (Wildman–Crippen LogP) is -0.664. The molecule has 1 aliphatic carbocycles. The number of carboxylic acid groups (broad SMARTS) is 1. The second-order valence-electron chi connectivity index (χ2n) is 8.56. The SMILES string of the molecule is NC(N)=NCCCNC(=O)[C@H]1CCCCN1C(=O)[C@H](CC1CCCCC1)NCC(=O)O.O. The second kappa shape index (κ2) is 14.6. The molecule has 32 heavy (non-hydrogen) atoms. The summed E-state index contributed by atoms with van der Waals surface area (Å²) in [7, 11) is 0. The number of aliphatic imine (C=N–C) groups is 1. The van der Waals surface area contributed by atoms with E-state index in [-0.39, 0.29) is 29.8 Å². The molecular formula is C21H40N6O5. The highest BCUT2D eigenvalue weighted by atomic mass is 16.4. The molecule has 0 bridgehead atoms. The lowest BCUT2D eigenvalue weighted by molar-refractivity contribution is -0.145. The van der Waals surface area contributed by atoms with Crippen LogP contribution in [-0.2, 0) is 14.4 Å². The molecule has 0 radical (unpaired) electrons. The number of carbonyl (C=O) groups excluding carboxylic acids is 2. The van der Waals surface area contributed by atoms with E-state index in [2.05, 4.69) is 15.6 Å². The van der Waals surface area contributed by atoms with Crippen LogP contribution in [0.1, 0.15) is 64.2 Å². The number of nitrogens with two attached hydrogens (primary N) is 2. The van der Waals surface area contributed by atoms with Crippen molar-refractivity contribution < 1.29 is 25.0 Å². The normalized spacial score (nSPS) is 20.0.